The summed E-state index contributed by atoms with van der Waals surface area (Å²) in [6.07, 6.45) is -0.111. The minimum atomic E-state index is -1.92. The smallest absolute Gasteiger partial charge is 0.424 e. The van der Waals surface area contributed by atoms with E-state index < -0.39 is 90.1 Å². The Morgan fingerprint density at radius 2 is 1.51 bits per heavy atom. The SMILES string of the molecule is COc1cc2cc(c1Cl)N(C)C(=O)C[C@H](OC(=O)[C@H](C)N(C)C(=O)CCC(=O)N(CCOCCOCCC(=O)O)C1CCN(C(=O)CCn3c(CN(C)N(C)C(=O)OCC4c5ccccc5-c5ccccc54)cc4ccccc43)CC1)C1(C)OC1[C@H](C)[C@@H]1C[C@@](O)(NC(=O)O1)[C@H](OC)C=CC=C(C)C2. The summed E-state index contributed by atoms with van der Waals surface area (Å²) in [6.45, 7) is 8.86. The number of rotatable bonds is 26. The van der Waals surface area contributed by atoms with Crippen LogP contribution in [0, 0.1) is 5.92 Å². The number of halogens is 1. The zero-order valence-corrected chi connectivity index (χ0v) is 61.6. The van der Waals surface area contributed by atoms with Crippen LogP contribution in [0.2, 0.25) is 5.02 Å². The molecule has 4 aromatic carbocycles. The third kappa shape index (κ3) is 18.1. The summed E-state index contributed by atoms with van der Waals surface area (Å²) in [5.74, 6) is -3.80. The van der Waals surface area contributed by atoms with Crippen molar-refractivity contribution < 1.29 is 86.5 Å². The fourth-order valence-electron chi connectivity index (χ4n) is 14.5. The molecule has 0 saturated carbocycles. The predicted molar refractivity (Wildman–Crippen MR) is 386 cm³/mol. The van der Waals surface area contributed by atoms with E-state index in [4.69, 9.17) is 54.6 Å². The number of anilines is 1. The topological polar surface area (TPSA) is 291 Å². The number of fused-ring (bicyclic) bond motifs is 9. The van der Waals surface area contributed by atoms with Gasteiger partial charge >= 0.3 is 24.1 Å². The highest BCUT2D eigenvalue weighted by Crippen LogP contribution is 2.50. The molecule has 104 heavy (non-hydrogen) atoms. The summed E-state index contributed by atoms with van der Waals surface area (Å²) in [6, 6.07) is 28.3. The molecule has 3 N–H and O–H groups in total. The van der Waals surface area contributed by atoms with Crippen LogP contribution in [-0.4, -0.2) is 230 Å². The van der Waals surface area contributed by atoms with Gasteiger partial charge in [0.15, 0.2) is 5.72 Å². The number of aromatic nitrogens is 1. The first-order valence-electron chi connectivity index (χ1n) is 35.4. The zero-order chi connectivity index (χ0) is 74.7. The van der Waals surface area contributed by atoms with Crippen LogP contribution in [0.4, 0.5) is 15.3 Å². The van der Waals surface area contributed by atoms with E-state index in [0.29, 0.717) is 56.9 Å². The number of carboxylic acids is 1. The van der Waals surface area contributed by atoms with Crippen molar-refractivity contribution >= 4 is 75.9 Å². The van der Waals surface area contributed by atoms with Gasteiger partial charge in [-0.15, -0.1) is 0 Å². The first-order valence-corrected chi connectivity index (χ1v) is 35.8. The molecular weight excluding hydrogens is 1360 g/mol. The Morgan fingerprint density at radius 3 is 2.19 bits per heavy atom. The number of epoxide rings is 1. The average molecular weight is 1460 g/mol. The second-order valence-electron chi connectivity index (χ2n) is 27.7. The van der Waals surface area contributed by atoms with Gasteiger partial charge in [0.2, 0.25) is 23.6 Å². The van der Waals surface area contributed by atoms with E-state index in [0.717, 1.165) is 50.0 Å². The number of alkyl carbamates (subject to hydrolysis) is 1. The molecule has 8 atom stereocenters. The van der Waals surface area contributed by atoms with Crippen molar-refractivity contribution in [3.8, 4) is 16.9 Å². The van der Waals surface area contributed by atoms with E-state index in [1.807, 2.05) is 68.6 Å². The molecule has 2 unspecified atom stereocenters. The number of nitrogens with one attached hydrogen (secondary N) is 1. The van der Waals surface area contributed by atoms with E-state index in [1.165, 1.54) is 50.0 Å². The quantitative estimate of drug-likeness (QED) is 0.0153. The molecular formula is C77H97ClN8O18. The summed E-state index contributed by atoms with van der Waals surface area (Å²) >= 11 is 6.90. The molecule has 27 heteroatoms. The average Bonchev–Trinajstić information content (AvgIpc) is 1.58. The molecule has 3 saturated heterocycles. The fourth-order valence-corrected chi connectivity index (χ4v) is 14.8. The second kappa shape index (κ2) is 34.4. The number of aliphatic carboxylic acids is 1. The monoisotopic (exact) mass is 1460 g/mol. The standard InChI is InChI=1S/C77H97ClN8O18/c1-48-18-17-25-64(98-10)77(96)45-63(102-74(94)79-77)49(2)72-76(4,104-72)65(44-69(90)82(7)61-41-51(40-48)42-62(97-9)71(61)78)103-73(93)50(3)81(6)66(87)26-27-68(89)86(35-37-100-39-38-99-36-31-70(91)92)53-28-32-84(33-29-53)67(88)30-34-85-54(43-52-19-11-16-24-60(52)85)46-80(5)83(8)75(95)101-47-59-57-22-14-12-20-55(57)56-21-13-15-23-58(56)59/h11-25,41-43,49-50,53,59,63-65,72,96H,26-40,44-47H2,1-10H3,(H,79,94)(H,91,92)/t49-,50+,63+,64-,65+,72?,76?,77+/m1/s1. The van der Waals surface area contributed by atoms with Crippen molar-refractivity contribution in [2.45, 2.75) is 152 Å². The van der Waals surface area contributed by atoms with Crippen molar-refractivity contribution in [2.24, 2.45) is 5.92 Å². The van der Waals surface area contributed by atoms with Crippen LogP contribution in [0.5, 0.6) is 5.75 Å². The molecule has 0 radical (unpaired) electrons. The first-order chi connectivity index (χ1) is 49.7. The van der Waals surface area contributed by atoms with Crippen molar-refractivity contribution in [3.05, 3.63) is 142 Å². The number of nitrogens with zero attached hydrogens (tertiary/aromatic N) is 7. The molecule has 10 rings (SSSR count). The predicted octanol–water partition coefficient (Wildman–Crippen LogP) is 8.89. The van der Waals surface area contributed by atoms with Crippen LogP contribution in [-0.2, 0) is 81.4 Å². The molecule has 4 aliphatic heterocycles. The number of allylic oxidation sites excluding steroid dienone is 3. The van der Waals surface area contributed by atoms with Gasteiger partial charge in [0.25, 0.3) is 0 Å². The van der Waals surface area contributed by atoms with E-state index in [-0.39, 0.29) is 100 Å². The summed E-state index contributed by atoms with van der Waals surface area (Å²) in [5.41, 5.74) is 5.00. The highest BCUT2D eigenvalue weighted by molar-refractivity contribution is 6.35. The molecule has 560 valence electrons. The molecule has 1 aromatic heterocycles. The number of piperidine rings is 1. The highest BCUT2D eigenvalue weighted by atomic mass is 35.5. The lowest BCUT2D eigenvalue weighted by molar-refractivity contribution is -0.162. The maximum atomic E-state index is 14.6. The number of amides is 6. The van der Waals surface area contributed by atoms with Gasteiger partial charge in [0.05, 0.1) is 64.7 Å². The third-order valence-electron chi connectivity index (χ3n) is 20.9. The molecule has 26 nitrogen and oxygen atoms in total. The molecule has 5 aromatic rings. The molecule has 0 spiro atoms. The number of carbonyl (C=O) groups excluding carboxylic acids is 7. The minimum Gasteiger partial charge on any atom is -0.495 e. The zero-order valence-electron chi connectivity index (χ0n) is 60.9. The minimum absolute atomic E-state index is 0.00815. The van der Waals surface area contributed by atoms with Crippen molar-refractivity contribution in [3.63, 3.8) is 0 Å². The number of esters is 1. The van der Waals surface area contributed by atoms with Crippen LogP contribution in [0.15, 0.2) is 115 Å². The third-order valence-corrected chi connectivity index (χ3v) is 21.3. The van der Waals surface area contributed by atoms with Crippen LogP contribution in [0.1, 0.15) is 107 Å². The number of carboxylic acid groups (broad SMARTS) is 1. The lowest BCUT2D eigenvalue weighted by atomic mass is 9.83. The number of para-hydroxylation sites is 1. The van der Waals surface area contributed by atoms with Crippen molar-refractivity contribution in [2.75, 3.05) is 100.0 Å². The number of methoxy groups -OCH3 is 2. The van der Waals surface area contributed by atoms with Gasteiger partial charge < -0.3 is 72.3 Å². The van der Waals surface area contributed by atoms with Gasteiger partial charge in [-0.1, -0.05) is 109 Å². The maximum Gasteiger partial charge on any atom is 0.424 e. The number of ether oxygens (including phenoxy) is 8. The Balaban J connectivity index is 0.771. The highest BCUT2D eigenvalue weighted by Gasteiger charge is 2.64. The molecule has 5 aliphatic rings. The van der Waals surface area contributed by atoms with Crippen molar-refractivity contribution in [1.82, 2.24) is 34.6 Å². The Morgan fingerprint density at radius 1 is 0.846 bits per heavy atom. The number of hydrazine groups is 1. The van der Waals surface area contributed by atoms with Gasteiger partial charge in [0, 0.05) is 116 Å². The first kappa shape index (κ1) is 77.7. The molecule has 6 amide bonds. The fraction of sp³-hybridized carbons (Fsp3) is 0.506. The molecule has 1 aliphatic carbocycles. The number of likely N-dealkylation sites (tertiary alicyclic amines) is 1. The van der Waals surface area contributed by atoms with Crippen LogP contribution in [0.25, 0.3) is 22.0 Å². The van der Waals surface area contributed by atoms with Crippen molar-refractivity contribution in [1.29, 1.82) is 0 Å². The summed E-state index contributed by atoms with van der Waals surface area (Å²) in [5, 5.41) is 28.0. The van der Waals surface area contributed by atoms with E-state index in [2.05, 4.69) is 40.2 Å². The number of likely N-dealkylation sites (N-methyl/N-ethyl adjacent to an activating group) is 1. The largest absolute Gasteiger partial charge is 0.495 e. The lowest BCUT2D eigenvalue weighted by Gasteiger charge is -2.42. The number of aliphatic hydroxyl groups is 1. The normalized spacial score (nSPS) is 22.3. The van der Waals surface area contributed by atoms with E-state index >= 15 is 0 Å². The maximum absolute atomic E-state index is 14.6. The molecule has 5 heterocycles. The summed E-state index contributed by atoms with van der Waals surface area (Å²) < 4.78 is 49.2. The van der Waals surface area contributed by atoms with Crippen LogP contribution >= 0.6 is 11.6 Å². The van der Waals surface area contributed by atoms with Crippen LogP contribution in [0.3, 0.4) is 0 Å². The summed E-state index contributed by atoms with van der Waals surface area (Å²) in [4.78, 5) is 116. The summed E-state index contributed by atoms with van der Waals surface area (Å²) in [7, 11) is 9.32. The number of carbonyl (C=O) groups is 8. The molecule has 4 bridgehead atoms. The molecule has 3 fully saturated rings. The van der Waals surface area contributed by atoms with Gasteiger partial charge in [0.1, 0.15) is 47.3 Å². The van der Waals surface area contributed by atoms with Gasteiger partial charge in [-0.2, -0.15) is 0 Å². The number of benzene rings is 4. The number of aryl methyl sites for hydroxylation is 1. The van der Waals surface area contributed by atoms with Gasteiger partial charge in [-0.25, -0.2) is 24.4 Å². The Bertz CT molecular complexity index is 3980. The number of hydrogen-bond acceptors (Lipinski definition) is 18. The Kier molecular flexibility index (Phi) is 25.7. The lowest BCUT2D eigenvalue weighted by Crippen LogP contribution is -2.63. The van der Waals surface area contributed by atoms with E-state index in [1.54, 1.807) is 60.0 Å². The second-order valence-corrected chi connectivity index (χ2v) is 28.1. The Hall–Kier alpha value is -8.89. The Labute approximate surface area is 611 Å². The number of hydrogen-bond donors (Lipinski definition) is 3. The van der Waals surface area contributed by atoms with Gasteiger partial charge in [-0.3, -0.25) is 29.3 Å². The van der Waals surface area contributed by atoms with Gasteiger partial charge in [-0.05, 0) is 97.5 Å². The van der Waals surface area contributed by atoms with Crippen LogP contribution < -0.4 is 15.0 Å². The van der Waals surface area contributed by atoms with E-state index in [9.17, 15) is 43.5 Å².